The van der Waals surface area contributed by atoms with Crippen molar-refractivity contribution in [1.29, 1.82) is 0 Å². The van der Waals surface area contributed by atoms with Crippen LogP contribution in [0, 0.1) is 0 Å². The van der Waals surface area contributed by atoms with Crippen molar-refractivity contribution in [1.82, 2.24) is 9.88 Å². The van der Waals surface area contributed by atoms with Crippen molar-refractivity contribution in [2.45, 2.75) is 45.4 Å². The summed E-state index contributed by atoms with van der Waals surface area (Å²) in [6.45, 7) is 5.70. The SMILES string of the molecule is CCCCN1CCC(=C2c3ccc(C(N)=O)cc3CCc3cccnc32)CC1. The van der Waals surface area contributed by atoms with E-state index in [2.05, 4.69) is 24.0 Å². The van der Waals surface area contributed by atoms with Gasteiger partial charge in [0.15, 0.2) is 0 Å². The first-order valence-corrected chi connectivity index (χ1v) is 10.5. The summed E-state index contributed by atoms with van der Waals surface area (Å²) in [7, 11) is 0. The number of carbonyl (C=O) groups is 1. The number of carbonyl (C=O) groups excluding carboxylic acids is 1. The molecule has 1 amide bonds. The van der Waals surface area contributed by atoms with E-state index in [1.165, 1.54) is 47.2 Å². The molecule has 1 saturated heterocycles. The van der Waals surface area contributed by atoms with E-state index in [0.29, 0.717) is 5.56 Å². The Bertz CT molecular complexity index is 906. The number of primary amides is 1. The third kappa shape index (κ3) is 3.74. The number of piperidine rings is 1. The van der Waals surface area contributed by atoms with E-state index >= 15 is 0 Å². The number of unbranched alkanes of at least 4 members (excludes halogenated alkanes) is 1. The first-order chi connectivity index (χ1) is 13.7. The standard InChI is InChI=1S/C24H29N3O/c1-2-3-13-27-14-10-17(11-15-27)22-21-9-8-20(24(25)28)16-19(21)7-6-18-5-4-12-26-23(18)22/h4-5,8-9,12,16H,2-3,6-7,10-11,13-15H2,1H3,(H2,25,28). The van der Waals surface area contributed by atoms with Crippen molar-refractivity contribution >= 4 is 11.5 Å². The highest BCUT2D eigenvalue weighted by atomic mass is 16.1. The number of amides is 1. The molecule has 1 aliphatic heterocycles. The smallest absolute Gasteiger partial charge is 0.248 e. The molecule has 0 unspecified atom stereocenters. The van der Waals surface area contributed by atoms with Crippen LogP contribution in [0.3, 0.4) is 0 Å². The minimum absolute atomic E-state index is 0.360. The third-order valence-corrected chi connectivity index (χ3v) is 6.09. The second-order valence-electron chi connectivity index (χ2n) is 7.92. The summed E-state index contributed by atoms with van der Waals surface area (Å²) in [5, 5.41) is 0. The largest absolute Gasteiger partial charge is 0.366 e. The fourth-order valence-corrected chi connectivity index (χ4v) is 4.50. The Labute approximate surface area is 167 Å². The average molecular weight is 376 g/mol. The molecule has 1 aromatic heterocycles. The molecule has 4 rings (SSSR count). The number of hydrogen-bond donors (Lipinski definition) is 1. The molecule has 4 nitrogen and oxygen atoms in total. The van der Waals surface area contributed by atoms with E-state index in [-0.39, 0.29) is 5.91 Å². The summed E-state index contributed by atoms with van der Waals surface area (Å²) < 4.78 is 0. The predicted octanol–water partition coefficient (Wildman–Crippen LogP) is 3.98. The second kappa shape index (κ2) is 8.27. The summed E-state index contributed by atoms with van der Waals surface area (Å²) in [5.74, 6) is -0.360. The Kier molecular flexibility index (Phi) is 5.58. The molecular weight excluding hydrogens is 346 g/mol. The van der Waals surface area contributed by atoms with E-state index in [1.54, 1.807) is 0 Å². The van der Waals surface area contributed by atoms with E-state index in [9.17, 15) is 4.79 Å². The molecule has 1 fully saturated rings. The number of likely N-dealkylation sites (tertiary alicyclic amines) is 1. The van der Waals surface area contributed by atoms with Gasteiger partial charge >= 0.3 is 0 Å². The van der Waals surface area contributed by atoms with Crippen LogP contribution in [0.4, 0.5) is 0 Å². The van der Waals surface area contributed by atoms with E-state index < -0.39 is 0 Å². The number of nitrogens with zero attached hydrogens (tertiary/aromatic N) is 2. The van der Waals surface area contributed by atoms with Crippen molar-refractivity contribution in [2.24, 2.45) is 5.73 Å². The van der Waals surface area contributed by atoms with E-state index in [4.69, 9.17) is 10.7 Å². The fourth-order valence-electron chi connectivity index (χ4n) is 4.50. The topological polar surface area (TPSA) is 59.2 Å². The van der Waals surface area contributed by atoms with Crippen LogP contribution in [0.15, 0.2) is 42.1 Å². The maximum absolute atomic E-state index is 11.7. The van der Waals surface area contributed by atoms with Crippen LogP contribution in [0.25, 0.3) is 5.57 Å². The van der Waals surface area contributed by atoms with Crippen LogP contribution in [-0.4, -0.2) is 35.4 Å². The molecule has 1 aromatic carbocycles. The summed E-state index contributed by atoms with van der Waals surface area (Å²) >= 11 is 0. The van der Waals surface area contributed by atoms with Crippen LogP contribution < -0.4 is 5.73 Å². The number of rotatable bonds is 4. The lowest BCUT2D eigenvalue weighted by atomic mass is 9.88. The molecule has 2 heterocycles. The molecule has 0 spiro atoms. The Morgan fingerprint density at radius 2 is 1.89 bits per heavy atom. The fraction of sp³-hybridized carbons (Fsp3) is 0.417. The predicted molar refractivity (Wildman–Crippen MR) is 113 cm³/mol. The zero-order chi connectivity index (χ0) is 19.5. The Hall–Kier alpha value is -2.46. The van der Waals surface area contributed by atoms with Gasteiger partial charge in [0.05, 0.1) is 5.69 Å². The minimum atomic E-state index is -0.360. The van der Waals surface area contributed by atoms with Crippen molar-refractivity contribution in [3.8, 4) is 0 Å². The lowest BCUT2D eigenvalue weighted by Crippen LogP contribution is -2.32. The summed E-state index contributed by atoms with van der Waals surface area (Å²) in [5.41, 5.74) is 13.8. The summed E-state index contributed by atoms with van der Waals surface area (Å²) in [6.07, 6.45) is 8.45. The number of nitrogens with two attached hydrogens (primary N) is 1. The molecule has 0 radical (unpaired) electrons. The quantitative estimate of drug-likeness (QED) is 0.879. The van der Waals surface area contributed by atoms with E-state index in [1.807, 2.05) is 24.4 Å². The van der Waals surface area contributed by atoms with Gasteiger partial charge in [0, 0.05) is 30.4 Å². The Morgan fingerprint density at radius 1 is 1.11 bits per heavy atom. The lowest BCUT2D eigenvalue weighted by molar-refractivity contribution is 0.1000. The van der Waals surface area contributed by atoms with Gasteiger partial charge in [0.25, 0.3) is 0 Å². The van der Waals surface area contributed by atoms with Crippen molar-refractivity contribution in [3.63, 3.8) is 0 Å². The monoisotopic (exact) mass is 375 g/mol. The normalized spacial score (nSPS) is 17.0. The lowest BCUT2D eigenvalue weighted by Gasteiger charge is -2.30. The van der Waals surface area contributed by atoms with Crippen LogP contribution in [0.2, 0.25) is 0 Å². The maximum atomic E-state index is 11.7. The molecular formula is C24H29N3O. The number of aromatic nitrogens is 1. The zero-order valence-corrected chi connectivity index (χ0v) is 16.7. The molecule has 1 aliphatic carbocycles. The molecule has 0 saturated carbocycles. The van der Waals surface area contributed by atoms with Crippen LogP contribution in [-0.2, 0) is 12.8 Å². The van der Waals surface area contributed by atoms with Gasteiger partial charge in [-0.1, -0.05) is 31.1 Å². The first-order valence-electron chi connectivity index (χ1n) is 10.5. The molecule has 2 aliphatic rings. The van der Waals surface area contributed by atoms with Gasteiger partial charge in [0.2, 0.25) is 5.91 Å². The highest BCUT2D eigenvalue weighted by Crippen LogP contribution is 2.37. The van der Waals surface area contributed by atoms with Gasteiger partial charge in [-0.2, -0.15) is 0 Å². The van der Waals surface area contributed by atoms with Crippen LogP contribution in [0.5, 0.6) is 0 Å². The van der Waals surface area contributed by atoms with Gasteiger partial charge in [-0.3, -0.25) is 9.78 Å². The molecule has 2 N–H and O–H groups in total. The number of aryl methyl sites for hydroxylation is 2. The van der Waals surface area contributed by atoms with Crippen LogP contribution >= 0.6 is 0 Å². The van der Waals surface area contributed by atoms with Gasteiger partial charge in [-0.15, -0.1) is 0 Å². The van der Waals surface area contributed by atoms with Crippen LogP contribution in [0.1, 0.15) is 65.3 Å². The molecule has 2 aromatic rings. The molecule has 4 heteroatoms. The number of hydrogen-bond acceptors (Lipinski definition) is 3. The average Bonchev–Trinajstić information content (AvgIpc) is 2.89. The molecule has 0 atom stereocenters. The van der Waals surface area contributed by atoms with Crippen molar-refractivity contribution in [2.75, 3.05) is 19.6 Å². The highest BCUT2D eigenvalue weighted by Gasteiger charge is 2.25. The number of fused-ring (bicyclic) bond motifs is 2. The molecule has 28 heavy (non-hydrogen) atoms. The summed E-state index contributed by atoms with van der Waals surface area (Å²) in [6, 6.07) is 10.2. The molecule has 0 bridgehead atoms. The summed E-state index contributed by atoms with van der Waals surface area (Å²) in [4.78, 5) is 19.1. The van der Waals surface area contributed by atoms with Gasteiger partial charge in [0.1, 0.15) is 0 Å². The number of benzene rings is 1. The Morgan fingerprint density at radius 3 is 2.64 bits per heavy atom. The first kappa shape index (κ1) is 18.9. The van der Waals surface area contributed by atoms with E-state index in [0.717, 1.165) is 44.5 Å². The molecule has 146 valence electrons. The zero-order valence-electron chi connectivity index (χ0n) is 16.7. The number of pyridine rings is 1. The van der Waals surface area contributed by atoms with Crippen molar-refractivity contribution in [3.05, 3.63) is 70.0 Å². The Balaban J connectivity index is 1.76. The highest BCUT2D eigenvalue weighted by molar-refractivity contribution is 5.94. The minimum Gasteiger partial charge on any atom is -0.366 e. The third-order valence-electron chi connectivity index (χ3n) is 6.09. The van der Waals surface area contributed by atoms with Gasteiger partial charge in [-0.25, -0.2) is 0 Å². The maximum Gasteiger partial charge on any atom is 0.248 e. The van der Waals surface area contributed by atoms with Crippen molar-refractivity contribution < 1.29 is 4.79 Å². The van der Waals surface area contributed by atoms with Gasteiger partial charge < -0.3 is 10.6 Å². The van der Waals surface area contributed by atoms with Gasteiger partial charge in [-0.05, 0) is 73.5 Å². The second-order valence-corrected chi connectivity index (χ2v) is 7.92.